The Morgan fingerprint density at radius 2 is 2.03 bits per heavy atom. The molecule has 2 N–H and O–H groups in total. The molecule has 4 heterocycles. The van der Waals surface area contributed by atoms with Crippen LogP contribution in [0.3, 0.4) is 0 Å². The summed E-state index contributed by atoms with van der Waals surface area (Å²) in [4.78, 5) is 6.79. The van der Waals surface area contributed by atoms with Crippen molar-refractivity contribution in [3.63, 3.8) is 0 Å². The number of hydrogen-bond acceptors (Lipinski definition) is 7. The van der Waals surface area contributed by atoms with Crippen LogP contribution in [0.1, 0.15) is 31.9 Å². The fourth-order valence-corrected chi connectivity index (χ4v) is 4.90. The fraction of sp³-hybridized carbons (Fsp3) is 0.478. The lowest BCUT2D eigenvalue weighted by Crippen LogP contribution is -2.54. The third-order valence-corrected chi connectivity index (χ3v) is 7.20. The summed E-state index contributed by atoms with van der Waals surface area (Å²) in [5.41, 5.74) is 4.94. The summed E-state index contributed by atoms with van der Waals surface area (Å²) in [5, 5.41) is 27.6. The number of aromatic hydroxyl groups is 1. The standard InChI is InChI=1S/C23H27N7O/c1-23(6-7-23)21-14-29(10-8-24-21)22-25-13-18(27-28-22)16-5-4-15(11-20(16)31)17-12-26-30-9-2-3-19(17)30/h4-5,11-13,21,24,31H,2-3,6-10,14H2,1H3/t21-/m0/s1. The second kappa shape index (κ2) is 7.02. The fourth-order valence-electron chi connectivity index (χ4n) is 4.90. The first-order valence-corrected chi connectivity index (χ1v) is 11.2. The Morgan fingerprint density at radius 3 is 2.81 bits per heavy atom. The quantitative estimate of drug-likeness (QED) is 0.674. The molecule has 1 saturated heterocycles. The van der Waals surface area contributed by atoms with E-state index < -0.39 is 0 Å². The Kier molecular flexibility index (Phi) is 4.24. The van der Waals surface area contributed by atoms with E-state index in [0.717, 1.165) is 50.1 Å². The first kappa shape index (κ1) is 18.7. The summed E-state index contributed by atoms with van der Waals surface area (Å²) in [7, 11) is 0. The minimum atomic E-state index is 0.184. The zero-order chi connectivity index (χ0) is 21.0. The Hall–Kier alpha value is -3.00. The Labute approximate surface area is 181 Å². The van der Waals surface area contributed by atoms with Gasteiger partial charge in [-0.25, -0.2) is 4.98 Å². The molecular formula is C23H27N7O. The van der Waals surface area contributed by atoms with E-state index in [0.29, 0.717) is 28.7 Å². The molecule has 1 saturated carbocycles. The molecule has 0 unspecified atom stereocenters. The normalized spacial score (nSPS) is 21.8. The van der Waals surface area contributed by atoms with Gasteiger partial charge in [-0.1, -0.05) is 13.0 Å². The van der Waals surface area contributed by atoms with Crippen molar-refractivity contribution in [2.75, 3.05) is 24.5 Å². The monoisotopic (exact) mass is 417 g/mol. The zero-order valence-electron chi connectivity index (χ0n) is 17.8. The molecule has 6 rings (SSSR count). The van der Waals surface area contributed by atoms with Gasteiger partial charge in [-0.15, -0.1) is 10.2 Å². The third kappa shape index (κ3) is 3.26. The highest BCUT2D eigenvalue weighted by Gasteiger charge is 2.46. The highest BCUT2D eigenvalue weighted by Crippen LogP contribution is 2.48. The van der Waals surface area contributed by atoms with Crippen LogP contribution < -0.4 is 10.2 Å². The maximum atomic E-state index is 10.7. The number of phenolic OH excluding ortho intramolecular Hbond substituents is 1. The first-order chi connectivity index (χ1) is 15.1. The third-order valence-electron chi connectivity index (χ3n) is 7.20. The number of aryl methyl sites for hydroxylation is 1. The van der Waals surface area contributed by atoms with Crippen LogP contribution in [0.25, 0.3) is 22.4 Å². The molecule has 1 atom stereocenters. The van der Waals surface area contributed by atoms with Gasteiger partial charge in [0, 0.05) is 49.0 Å². The van der Waals surface area contributed by atoms with Crippen molar-refractivity contribution < 1.29 is 5.11 Å². The number of hydrogen-bond donors (Lipinski definition) is 2. The number of benzene rings is 1. The van der Waals surface area contributed by atoms with Crippen molar-refractivity contribution in [1.29, 1.82) is 0 Å². The molecule has 1 aromatic carbocycles. The number of aromatic nitrogens is 5. The van der Waals surface area contributed by atoms with E-state index >= 15 is 0 Å². The predicted molar refractivity (Wildman–Crippen MR) is 118 cm³/mol. The molecular weight excluding hydrogens is 390 g/mol. The van der Waals surface area contributed by atoms with Crippen molar-refractivity contribution >= 4 is 5.95 Å². The highest BCUT2D eigenvalue weighted by molar-refractivity contribution is 5.75. The zero-order valence-corrected chi connectivity index (χ0v) is 17.8. The average molecular weight is 418 g/mol. The largest absolute Gasteiger partial charge is 0.507 e. The number of phenols is 1. The number of piperazine rings is 1. The molecule has 3 aromatic rings. The van der Waals surface area contributed by atoms with Gasteiger partial charge in [-0.3, -0.25) is 4.68 Å². The summed E-state index contributed by atoms with van der Waals surface area (Å²) in [6.45, 7) is 6.05. The van der Waals surface area contributed by atoms with E-state index in [1.165, 1.54) is 18.5 Å². The first-order valence-electron chi connectivity index (χ1n) is 11.2. The second-order valence-electron chi connectivity index (χ2n) is 9.31. The number of rotatable bonds is 4. The lowest BCUT2D eigenvalue weighted by atomic mass is 9.97. The average Bonchev–Trinajstić information content (AvgIpc) is 3.20. The van der Waals surface area contributed by atoms with Crippen LogP contribution in [-0.2, 0) is 13.0 Å². The molecule has 2 fully saturated rings. The van der Waals surface area contributed by atoms with E-state index in [1.54, 1.807) is 12.3 Å². The van der Waals surface area contributed by atoms with Gasteiger partial charge in [0.05, 0.1) is 12.4 Å². The number of nitrogens with one attached hydrogen (secondary N) is 1. The topological polar surface area (TPSA) is 92.0 Å². The molecule has 0 amide bonds. The molecule has 31 heavy (non-hydrogen) atoms. The van der Waals surface area contributed by atoms with Gasteiger partial charge in [0.2, 0.25) is 5.95 Å². The molecule has 0 radical (unpaired) electrons. The van der Waals surface area contributed by atoms with Crippen molar-refractivity contribution in [2.45, 2.75) is 45.2 Å². The Bertz CT molecular complexity index is 1120. The van der Waals surface area contributed by atoms with Gasteiger partial charge in [-0.05, 0) is 48.8 Å². The summed E-state index contributed by atoms with van der Waals surface area (Å²) < 4.78 is 2.05. The Balaban J connectivity index is 1.22. The van der Waals surface area contributed by atoms with E-state index in [1.807, 2.05) is 18.3 Å². The van der Waals surface area contributed by atoms with Crippen LogP contribution in [0.4, 0.5) is 5.95 Å². The van der Waals surface area contributed by atoms with Crippen LogP contribution in [0, 0.1) is 5.41 Å². The molecule has 2 aliphatic heterocycles. The molecule has 0 spiro atoms. The van der Waals surface area contributed by atoms with Crippen LogP contribution in [0.5, 0.6) is 5.75 Å². The SMILES string of the molecule is CC1([C@@H]2CN(c3ncc(-c4ccc(-c5cnn6c5CCC6)cc4O)nn3)CCN2)CC1. The molecule has 160 valence electrons. The number of anilines is 1. The van der Waals surface area contributed by atoms with Gasteiger partial charge in [-0.2, -0.15) is 5.10 Å². The van der Waals surface area contributed by atoms with Crippen LogP contribution in [-0.4, -0.2) is 55.7 Å². The van der Waals surface area contributed by atoms with Gasteiger partial charge >= 0.3 is 0 Å². The molecule has 2 aromatic heterocycles. The van der Waals surface area contributed by atoms with E-state index in [2.05, 4.69) is 42.1 Å². The summed E-state index contributed by atoms with van der Waals surface area (Å²) >= 11 is 0. The van der Waals surface area contributed by atoms with Gasteiger partial charge in [0.15, 0.2) is 0 Å². The number of nitrogens with zero attached hydrogens (tertiary/aromatic N) is 6. The molecule has 8 nitrogen and oxygen atoms in total. The van der Waals surface area contributed by atoms with E-state index in [4.69, 9.17) is 0 Å². The predicted octanol–water partition coefficient (Wildman–Crippen LogP) is 2.63. The van der Waals surface area contributed by atoms with Gasteiger partial charge in [0.1, 0.15) is 11.4 Å². The maximum absolute atomic E-state index is 10.7. The van der Waals surface area contributed by atoms with E-state index in [9.17, 15) is 5.11 Å². The van der Waals surface area contributed by atoms with Gasteiger partial charge in [0.25, 0.3) is 0 Å². The van der Waals surface area contributed by atoms with Crippen molar-refractivity contribution in [3.05, 3.63) is 36.3 Å². The minimum absolute atomic E-state index is 0.184. The molecule has 1 aliphatic carbocycles. The minimum Gasteiger partial charge on any atom is -0.507 e. The summed E-state index contributed by atoms with van der Waals surface area (Å²) in [6.07, 6.45) is 8.33. The highest BCUT2D eigenvalue weighted by atomic mass is 16.3. The van der Waals surface area contributed by atoms with Crippen molar-refractivity contribution in [1.82, 2.24) is 30.3 Å². The summed E-state index contributed by atoms with van der Waals surface area (Å²) in [5.74, 6) is 0.842. The van der Waals surface area contributed by atoms with Crippen molar-refractivity contribution in [3.8, 4) is 28.1 Å². The van der Waals surface area contributed by atoms with Crippen LogP contribution in [0.15, 0.2) is 30.6 Å². The lowest BCUT2D eigenvalue weighted by molar-refractivity contribution is 0.329. The van der Waals surface area contributed by atoms with E-state index in [-0.39, 0.29) is 5.75 Å². The second-order valence-corrected chi connectivity index (χ2v) is 9.31. The van der Waals surface area contributed by atoms with Gasteiger partial charge < -0.3 is 15.3 Å². The lowest BCUT2D eigenvalue weighted by Gasteiger charge is -2.36. The summed E-state index contributed by atoms with van der Waals surface area (Å²) in [6, 6.07) is 6.17. The van der Waals surface area contributed by atoms with Crippen LogP contribution in [0.2, 0.25) is 0 Å². The molecule has 3 aliphatic rings. The van der Waals surface area contributed by atoms with Crippen molar-refractivity contribution in [2.24, 2.45) is 5.41 Å². The van der Waals surface area contributed by atoms with Crippen LogP contribution >= 0.6 is 0 Å². The smallest absolute Gasteiger partial charge is 0.245 e. The number of fused-ring (bicyclic) bond motifs is 1. The maximum Gasteiger partial charge on any atom is 0.245 e. The molecule has 0 bridgehead atoms. The Morgan fingerprint density at radius 1 is 1.13 bits per heavy atom. The molecule has 8 heteroatoms.